The fourth-order valence-corrected chi connectivity index (χ4v) is 3.22. The molecule has 0 saturated carbocycles. The summed E-state index contributed by atoms with van der Waals surface area (Å²) >= 11 is 7.07. The van der Waals surface area contributed by atoms with Crippen molar-refractivity contribution in [2.24, 2.45) is 0 Å². The first-order chi connectivity index (χ1) is 11.6. The van der Waals surface area contributed by atoms with Crippen LogP contribution in [0.5, 0.6) is 0 Å². The number of carbonyl (C=O) groups excluding carboxylic acids is 1. The summed E-state index contributed by atoms with van der Waals surface area (Å²) in [4.78, 5) is 12.5. The molecule has 122 valence electrons. The third kappa shape index (κ3) is 3.49. The molecule has 7 heteroatoms. The highest BCUT2D eigenvalue weighted by molar-refractivity contribution is 8.00. The van der Waals surface area contributed by atoms with Crippen LogP contribution < -0.4 is 0 Å². The van der Waals surface area contributed by atoms with E-state index in [-0.39, 0.29) is 11.6 Å². The zero-order valence-electron chi connectivity index (χ0n) is 12.7. The zero-order valence-corrected chi connectivity index (χ0v) is 14.3. The molecule has 2 aromatic carbocycles. The lowest BCUT2D eigenvalue weighted by Crippen LogP contribution is -2.14. The van der Waals surface area contributed by atoms with E-state index in [1.807, 2.05) is 0 Å². The lowest BCUT2D eigenvalue weighted by Gasteiger charge is -2.11. The maximum absolute atomic E-state index is 14.0. The number of aromatic nitrogens is 3. The molecular weight excluding hydrogens is 349 g/mol. The summed E-state index contributed by atoms with van der Waals surface area (Å²) in [5.41, 5.74) is 0.910. The molecule has 0 saturated heterocycles. The van der Waals surface area contributed by atoms with Gasteiger partial charge in [-0.05, 0) is 43.3 Å². The first-order valence-electron chi connectivity index (χ1n) is 7.17. The SMILES string of the molecule is CC(Sc1nncn1-c1ccccc1F)C(=O)c1ccc(Cl)cc1. The summed E-state index contributed by atoms with van der Waals surface area (Å²) in [5.74, 6) is -0.435. The van der Waals surface area contributed by atoms with Crippen LogP contribution in [0.3, 0.4) is 0 Å². The number of carbonyl (C=O) groups is 1. The number of nitrogens with zero attached hydrogens (tertiary/aromatic N) is 3. The fraction of sp³-hybridized carbons (Fsp3) is 0.118. The monoisotopic (exact) mass is 361 g/mol. The van der Waals surface area contributed by atoms with Crippen LogP contribution in [-0.4, -0.2) is 25.8 Å². The molecule has 1 atom stereocenters. The molecule has 0 spiro atoms. The highest BCUT2D eigenvalue weighted by Gasteiger charge is 2.20. The van der Waals surface area contributed by atoms with Crippen molar-refractivity contribution in [2.75, 3.05) is 0 Å². The predicted octanol–water partition coefficient (Wildman–Crippen LogP) is 4.42. The molecule has 1 heterocycles. The van der Waals surface area contributed by atoms with Crippen molar-refractivity contribution in [3.05, 3.63) is 71.3 Å². The van der Waals surface area contributed by atoms with Gasteiger partial charge in [0.25, 0.3) is 0 Å². The Balaban J connectivity index is 1.82. The number of para-hydroxylation sites is 1. The Hall–Kier alpha value is -2.18. The van der Waals surface area contributed by atoms with Gasteiger partial charge in [-0.15, -0.1) is 10.2 Å². The Morgan fingerprint density at radius 1 is 1.21 bits per heavy atom. The molecule has 0 N–H and O–H groups in total. The van der Waals surface area contributed by atoms with Crippen molar-refractivity contribution in [2.45, 2.75) is 17.3 Å². The second-order valence-corrected chi connectivity index (χ2v) is 6.81. The maximum Gasteiger partial charge on any atom is 0.196 e. The van der Waals surface area contributed by atoms with E-state index < -0.39 is 5.25 Å². The molecule has 3 rings (SSSR count). The number of thioether (sulfide) groups is 1. The van der Waals surface area contributed by atoms with Gasteiger partial charge in [0.1, 0.15) is 12.1 Å². The van der Waals surface area contributed by atoms with Crippen LogP contribution in [-0.2, 0) is 0 Å². The summed E-state index contributed by atoms with van der Waals surface area (Å²) in [7, 11) is 0. The van der Waals surface area contributed by atoms with Crippen LogP contribution in [0, 0.1) is 5.82 Å². The summed E-state index contributed by atoms with van der Waals surface area (Å²) in [6, 6.07) is 13.1. The summed E-state index contributed by atoms with van der Waals surface area (Å²) < 4.78 is 15.5. The molecule has 1 aromatic heterocycles. The van der Waals surface area contributed by atoms with Crippen molar-refractivity contribution in [3.63, 3.8) is 0 Å². The Kier molecular flexibility index (Phi) is 4.97. The summed E-state index contributed by atoms with van der Waals surface area (Å²) in [6.07, 6.45) is 1.43. The smallest absolute Gasteiger partial charge is 0.196 e. The predicted molar refractivity (Wildman–Crippen MR) is 92.4 cm³/mol. The number of hydrogen-bond donors (Lipinski definition) is 0. The first kappa shape index (κ1) is 16.7. The van der Waals surface area contributed by atoms with E-state index in [0.29, 0.717) is 21.4 Å². The van der Waals surface area contributed by atoms with E-state index in [1.165, 1.54) is 28.7 Å². The molecule has 3 aromatic rings. The van der Waals surface area contributed by atoms with Crippen LogP contribution in [0.4, 0.5) is 4.39 Å². The van der Waals surface area contributed by atoms with Gasteiger partial charge in [-0.3, -0.25) is 9.36 Å². The minimum Gasteiger partial charge on any atom is -0.293 e. The second-order valence-electron chi connectivity index (χ2n) is 5.07. The van der Waals surface area contributed by atoms with Gasteiger partial charge in [0.15, 0.2) is 10.9 Å². The average Bonchev–Trinajstić information content (AvgIpc) is 3.03. The van der Waals surface area contributed by atoms with Crippen molar-refractivity contribution in [1.82, 2.24) is 14.8 Å². The third-order valence-electron chi connectivity index (χ3n) is 3.41. The summed E-state index contributed by atoms with van der Waals surface area (Å²) in [6.45, 7) is 1.78. The molecule has 1 unspecified atom stereocenters. The molecular formula is C17H13ClFN3OS. The number of benzene rings is 2. The molecule has 24 heavy (non-hydrogen) atoms. The Bertz CT molecular complexity index is 866. The first-order valence-corrected chi connectivity index (χ1v) is 8.43. The van der Waals surface area contributed by atoms with Gasteiger partial charge in [-0.1, -0.05) is 35.5 Å². The highest BCUT2D eigenvalue weighted by atomic mass is 35.5. The van der Waals surface area contributed by atoms with E-state index in [0.717, 1.165) is 0 Å². The van der Waals surface area contributed by atoms with Crippen LogP contribution in [0.15, 0.2) is 60.0 Å². The highest BCUT2D eigenvalue weighted by Crippen LogP contribution is 2.27. The van der Waals surface area contributed by atoms with Gasteiger partial charge in [0.05, 0.1) is 10.9 Å². The molecule has 0 aliphatic heterocycles. The summed E-state index contributed by atoms with van der Waals surface area (Å²) in [5, 5.41) is 8.46. The van der Waals surface area contributed by atoms with Crippen molar-refractivity contribution in [3.8, 4) is 5.69 Å². The topological polar surface area (TPSA) is 47.8 Å². The Morgan fingerprint density at radius 2 is 1.92 bits per heavy atom. The van der Waals surface area contributed by atoms with Crippen molar-refractivity contribution < 1.29 is 9.18 Å². The zero-order chi connectivity index (χ0) is 17.1. The number of ketones is 1. The second kappa shape index (κ2) is 7.15. The molecule has 0 aliphatic carbocycles. The number of halogens is 2. The van der Waals surface area contributed by atoms with Crippen molar-refractivity contribution in [1.29, 1.82) is 0 Å². The van der Waals surface area contributed by atoms with Gasteiger partial charge >= 0.3 is 0 Å². The van der Waals surface area contributed by atoms with Gasteiger partial charge in [-0.2, -0.15) is 0 Å². The van der Waals surface area contributed by atoms with Crippen LogP contribution in [0.25, 0.3) is 5.69 Å². The Morgan fingerprint density at radius 3 is 2.62 bits per heavy atom. The number of hydrogen-bond acceptors (Lipinski definition) is 4. The molecule has 0 amide bonds. The number of Topliss-reactive ketones (excluding diaryl/α,β-unsaturated/α-hetero) is 1. The van der Waals surface area contributed by atoms with E-state index in [9.17, 15) is 9.18 Å². The van der Waals surface area contributed by atoms with Gasteiger partial charge < -0.3 is 0 Å². The molecule has 0 fully saturated rings. The van der Waals surface area contributed by atoms with E-state index in [2.05, 4.69) is 10.2 Å². The Labute approximate surface area is 147 Å². The lowest BCUT2D eigenvalue weighted by molar-refractivity contribution is 0.0994. The van der Waals surface area contributed by atoms with E-state index in [1.54, 1.807) is 49.4 Å². The molecule has 0 aliphatic rings. The third-order valence-corrected chi connectivity index (χ3v) is 4.72. The van der Waals surface area contributed by atoms with Gasteiger partial charge in [0, 0.05) is 10.6 Å². The minimum absolute atomic E-state index is 0.0558. The molecule has 0 radical (unpaired) electrons. The standard InChI is InChI=1S/C17H13ClFN3OS/c1-11(16(23)12-6-8-13(18)9-7-12)24-17-21-20-10-22(17)15-5-3-2-4-14(15)19/h2-11H,1H3. The quantitative estimate of drug-likeness (QED) is 0.498. The molecule has 0 bridgehead atoms. The number of rotatable bonds is 5. The largest absolute Gasteiger partial charge is 0.293 e. The normalized spacial score (nSPS) is 12.1. The van der Waals surface area contributed by atoms with Crippen LogP contribution >= 0.6 is 23.4 Å². The van der Waals surface area contributed by atoms with E-state index >= 15 is 0 Å². The van der Waals surface area contributed by atoms with Crippen LogP contribution in [0.2, 0.25) is 5.02 Å². The molecule has 4 nitrogen and oxygen atoms in total. The average molecular weight is 362 g/mol. The van der Waals surface area contributed by atoms with Crippen molar-refractivity contribution >= 4 is 29.1 Å². The van der Waals surface area contributed by atoms with Gasteiger partial charge in [0.2, 0.25) is 0 Å². The fourth-order valence-electron chi connectivity index (χ4n) is 2.18. The van der Waals surface area contributed by atoms with E-state index in [4.69, 9.17) is 11.6 Å². The lowest BCUT2D eigenvalue weighted by atomic mass is 10.1. The van der Waals surface area contributed by atoms with Crippen LogP contribution in [0.1, 0.15) is 17.3 Å². The van der Waals surface area contributed by atoms with Gasteiger partial charge in [-0.25, -0.2) is 4.39 Å². The maximum atomic E-state index is 14.0. The minimum atomic E-state index is -0.402.